The molecule has 0 radical (unpaired) electrons. The number of halogens is 1. The topological polar surface area (TPSA) is 94.3 Å². The van der Waals surface area contributed by atoms with Crippen molar-refractivity contribution >= 4 is 22.7 Å². The van der Waals surface area contributed by atoms with E-state index in [0.717, 1.165) is 42.3 Å². The number of nitrogens with one attached hydrogen (secondary N) is 1. The van der Waals surface area contributed by atoms with E-state index in [0.29, 0.717) is 18.0 Å². The lowest BCUT2D eigenvalue weighted by atomic mass is 9.80. The molecule has 0 spiro atoms. The number of nitrogens with two attached hydrogens (primary N) is 1. The van der Waals surface area contributed by atoms with Crippen LogP contribution >= 0.6 is 0 Å². The lowest BCUT2D eigenvalue weighted by Crippen LogP contribution is -2.34. The van der Waals surface area contributed by atoms with Crippen molar-refractivity contribution in [2.45, 2.75) is 31.6 Å². The van der Waals surface area contributed by atoms with Crippen molar-refractivity contribution in [3.8, 4) is 5.75 Å². The van der Waals surface area contributed by atoms with E-state index in [4.69, 9.17) is 15.5 Å². The molecule has 0 atom stereocenters. The Morgan fingerprint density at radius 1 is 1.06 bits per heavy atom. The van der Waals surface area contributed by atoms with E-state index >= 15 is 0 Å². The van der Waals surface area contributed by atoms with Gasteiger partial charge in [0.15, 0.2) is 18.2 Å². The highest BCUT2D eigenvalue weighted by atomic mass is 19.1. The van der Waals surface area contributed by atoms with Crippen LogP contribution < -0.4 is 15.8 Å². The molecule has 1 fully saturated rings. The van der Waals surface area contributed by atoms with E-state index in [-0.39, 0.29) is 24.2 Å². The molecule has 4 rings (SSSR count). The minimum Gasteiger partial charge on any atom is -0.481 e. The van der Waals surface area contributed by atoms with Gasteiger partial charge in [0.1, 0.15) is 0 Å². The molecule has 7 heteroatoms. The summed E-state index contributed by atoms with van der Waals surface area (Å²) in [5.74, 6) is -0.507. The van der Waals surface area contributed by atoms with Gasteiger partial charge in [-0.05, 0) is 55.9 Å². The molecule has 0 bridgehead atoms. The van der Waals surface area contributed by atoms with Crippen LogP contribution in [-0.2, 0) is 4.79 Å². The first-order chi connectivity index (χ1) is 15.5. The van der Waals surface area contributed by atoms with Crippen LogP contribution in [0.15, 0.2) is 54.6 Å². The Balaban J connectivity index is 1.29. The number of ether oxygens (including phenoxy) is 1. The molecule has 0 unspecified atom stereocenters. The maximum Gasteiger partial charge on any atom is 0.257 e. The average molecular weight is 435 g/mol. The number of primary amides is 1. The summed E-state index contributed by atoms with van der Waals surface area (Å²) < 4.78 is 18.8. The number of carbonyl (C=O) groups excluding carboxylic acids is 2. The van der Waals surface area contributed by atoms with Gasteiger partial charge >= 0.3 is 0 Å². The van der Waals surface area contributed by atoms with Crippen LogP contribution in [-0.4, -0.2) is 29.9 Å². The highest BCUT2D eigenvalue weighted by Crippen LogP contribution is 2.36. The highest BCUT2D eigenvalue weighted by molar-refractivity contribution is 6.05. The Bertz CT molecular complexity index is 1130. The minimum absolute atomic E-state index is 0.0707. The summed E-state index contributed by atoms with van der Waals surface area (Å²) in [5.41, 5.74) is 7.79. The van der Waals surface area contributed by atoms with Crippen molar-refractivity contribution in [3.63, 3.8) is 0 Å². The number of hydrogen-bond donors (Lipinski definition) is 2. The average Bonchev–Trinajstić information content (AvgIpc) is 2.81. The van der Waals surface area contributed by atoms with Crippen molar-refractivity contribution in [2.24, 2.45) is 11.7 Å². The maximum absolute atomic E-state index is 13.6. The van der Waals surface area contributed by atoms with E-state index in [2.05, 4.69) is 5.32 Å². The van der Waals surface area contributed by atoms with Crippen LogP contribution in [0.4, 0.5) is 4.39 Å². The molecule has 0 saturated heterocycles. The van der Waals surface area contributed by atoms with Gasteiger partial charge in [-0.15, -0.1) is 0 Å². The summed E-state index contributed by atoms with van der Waals surface area (Å²) >= 11 is 0. The van der Waals surface area contributed by atoms with Crippen molar-refractivity contribution in [1.29, 1.82) is 0 Å². The molecule has 2 amide bonds. The normalized spacial score (nSPS) is 18.3. The van der Waals surface area contributed by atoms with Crippen LogP contribution in [0.3, 0.4) is 0 Å². The molecule has 32 heavy (non-hydrogen) atoms. The van der Waals surface area contributed by atoms with Gasteiger partial charge in [0, 0.05) is 23.5 Å². The smallest absolute Gasteiger partial charge is 0.257 e. The van der Waals surface area contributed by atoms with Crippen molar-refractivity contribution in [1.82, 2.24) is 10.3 Å². The molecule has 0 aliphatic heterocycles. The van der Waals surface area contributed by atoms with E-state index in [1.165, 1.54) is 12.1 Å². The number of carbonyl (C=O) groups is 2. The summed E-state index contributed by atoms with van der Waals surface area (Å²) in [7, 11) is 0. The zero-order valence-electron chi connectivity index (χ0n) is 17.7. The molecule has 1 aromatic heterocycles. The van der Waals surface area contributed by atoms with Gasteiger partial charge in [-0.25, -0.2) is 4.39 Å². The summed E-state index contributed by atoms with van der Waals surface area (Å²) in [6, 6.07) is 15.4. The SMILES string of the molecule is NC(=O)c1cc(C2CCC(CNC(=O)COc3ccccc3F)CC2)nc2ccccc12. The summed E-state index contributed by atoms with van der Waals surface area (Å²) in [5, 5.41) is 3.66. The lowest BCUT2D eigenvalue weighted by molar-refractivity contribution is -0.123. The van der Waals surface area contributed by atoms with Crippen LogP contribution in [0.25, 0.3) is 10.9 Å². The largest absolute Gasteiger partial charge is 0.481 e. The minimum atomic E-state index is -0.486. The summed E-state index contributed by atoms with van der Waals surface area (Å²) in [6.07, 6.45) is 3.74. The number of para-hydroxylation sites is 2. The van der Waals surface area contributed by atoms with Gasteiger partial charge in [0.05, 0.1) is 11.1 Å². The molecule has 1 aliphatic carbocycles. The van der Waals surface area contributed by atoms with E-state index in [1.807, 2.05) is 30.3 Å². The first-order valence-electron chi connectivity index (χ1n) is 10.8. The fourth-order valence-electron chi connectivity index (χ4n) is 4.29. The second kappa shape index (κ2) is 9.77. The third kappa shape index (κ3) is 5.04. The second-order valence-electron chi connectivity index (χ2n) is 8.22. The van der Waals surface area contributed by atoms with E-state index in [9.17, 15) is 14.0 Å². The standard InChI is InChI=1S/C25H26FN3O3/c26-20-6-2-4-8-23(20)32-15-24(30)28-14-16-9-11-17(12-10-16)22-13-19(25(27)31)18-5-1-3-7-21(18)29-22/h1-8,13,16-17H,9-12,14-15H2,(H2,27,31)(H,28,30). The Morgan fingerprint density at radius 3 is 2.53 bits per heavy atom. The molecular formula is C25H26FN3O3. The van der Waals surface area contributed by atoms with Gasteiger partial charge in [-0.2, -0.15) is 0 Å². The third-order valence-corrected chi connectivity index (χ3v) is 6.05. The summed E-state index contributed by atoms with van der Waals surface area (Å²) in [4.78, 5) is 28.8. The third-order valence-electron chi connectivity index (χ3n) is 6.05. The molecule has 3 N–H and O–H groups in total. The van der Waals surface area contributed by atoms with Crippen molar-refractivity contribution < 1.29 is 18.7 Å². The fraction of sp³-hybridized carbons (Fsp3) is 0.320. The van der Waals surface area contributed by atoms with E-state index in [1.54, 1.807) is 12.1 Å². The van der Waals surface area contributed by atoms with Gasteiger partial charge in [-0.3, -0.25) is 14.6 Å². The van der Waals surface area contributed by atoms with Crippen LogP contribution in [0.2, 0.25) is 0 Å². The quantitative estimate of drug-likeness (QED) is 0.588. The van der Waals surface area contributed by atoms with Gasteiger partial charge in [-0.1, -0.05) is 30.3 Å². The van der Waals surface area contributed by atoms with Gasteiger partial charge in [0.2, 0.25) is 5.91 Å². The van der Waals surface area contributed by atoms with Crippen LogP contribution in [0.1, 0.15) is 47.7 Å². The Hall–Kier alpha value is -3.48. The monoisotopic (exact) mass is 435 g/mol. The molecule has 1 aliphatic rings. The number of aromatic nitrogens is 1. The highest BCUT2D eigenvalue weighted by Gasteiger charge is 2.25. The van der Waals surface area contributed by atoms with Crippen molar-refractivity contribution in [3.05, 3.63) is 71.7 Å². The predicted molar refractivity (Wildman–Crippen MR) is 120 cm³/mol. The molecule has 1 saturated carbocycles. The Kier molecular flexibility index (Phi) is 6.63. The molecule has 3 aromatic rings. The van der Waals surface area contributed by atoms with Crippen LogP contribution in [0, 0.1) is 11.7 Å². The van der Waals surface area contributed by atoms with Crippen molar-refractivity contribution in [2.75, 3.05) is 13.2 Å². The number of benzene rings is 2. The molecule has 1 heterocycles. The van der Waals surface area contributed by atoms with Gasteiger partial charge in [0.25, 0.3) is 5.91 Å². The number of pyridine rings is 1. The first kappa shape index (κ1) is 21.7. The Morgan fingerprint density at radius 2 is 1.78 bits per heavy atom. The molecule has 166 valence electrons. The van der Waals surface area contributed by atoms with Gasteiger partial charge < -0.3 is 15.8 Å². The first-order valence-corrected chi connectivity index (χ1v) is 10.8. The Labute approximate surface area is 186 Å². The number of amides is 2. The van der Waals surface area contributed by atoms with Crippen LogP contribution in [0.5, 0.6) is 5.75 Å². The second-order valence-corrected chi connectivity index (χ2v) is 8.22. The van der Waals surface area contributed by atoms with E-state index < -0.39 is 11.7 Å². The number of hydrogen-bond acceptors (Lipinski definition) is 4. The lowest BCUT2D eigenvalue weighted by Gasteiger charge is -2.28. The maximum atomic E-state index is 13.6. The molecular weight excluding hydrogens is 409 g/mol. The number of fused-ring (bicyclic) bond motifs is 1. The number of nitrogens with zero attached hydrogens (tertiary/aromatic N) is 1. The zero-order chi connectivity index (χ0) is 22.5. The summed E-state index contributed by atoms with van der Waals surface area (Å²) in [6.45, 7) is 0.344. The zero-order valence-corrected chi connectivity index (χ0v) is 17.7. The fourth-order valence-corrected chi connectivity index (χ4v) is 4.29. The molecule has 6 nitrogen and oxygen atoms in total. The predicted octanol–water partition coefficient (Wildman–Crippen LogP) is 3.94. The number of rotatable bonds is 7. The molecule has 2 aromatic carbocycles.